The zero-order valence-electron chi connectivity index (χ0n) is 44.7. The highest BCUT2D eigenvalue weighted by molar-refractivity contribution is 6.02. The number of aromatic hydroxyl groups is 1. The quantitative estimate of drug-likeness (QED) is 0.0977. The number of amides is 2. The Hall–Kier alpha value is -6.08. The molecule has 0 saturated carbocycles. The van der Waals surface area contributed by atoms with Crippen LogP contribution < -0.4 is 20.6 Å². The monoisotopic (exact) mass is 1050 g/mol. The minimum atomic E-state index is -0.968. The van der Waals surface area contributed by atoms with Gasteiger partial charge in [0.05, 0.1) is 27.6 Å². The number of aliphatic hydroxyl groups is 1. The van der Waals surface area contributed by atoms with Crippen molar-refractivity contribution >= 4 is 50.3 Å². The van der Waals surface area contributed by atoms with Gasteiger partial charge in [0.2, 0.25) is 11.8 Å². The van der Waals surface area contributed by atoms with Gasteiger partial charge in [-0.05, 0) is 187 Å². The summed E-state index contributed by atoms with van der Waals surface area (Å²) >= 11 is 0. The molecule has 77 heavy (non-hydrogen) atoms. The number of benzene rings is 3. The molecule has 0 bridgehead atoms. The Morgan fingerprint density at radius 1 is 0.844 bits per heavy atom. The number of nitrogens with zero attached hydrogens (tertiary/aromatic N) is 9. The van der Waals surface area contributed by atoms with Crippen LogP contribution in [0.15, 0.2) is 53.5 Å². The van der Waals surface area contributed by atoms with Gasteiger partial charge in [0.15, 0.2) is 5.82 Å². The normalized spacial score (nSPS) is 25.4. The Morgan fingerprint density at radius 2 is 1.61 bits per heavy atom. The maximum atomic E-state index is 17.3. The highest BCUT2D eigenvalue weighted by atomic mass is 19.1. The first kappa shape index (κ1) is 51.7. The van der Waals surface area contributed by atoms with E-state index in [4.69, 9.17) is 14.7 Å². The van der Waals surface area contributed by atoms with Gasteiger partial charge in [-0.1, -0.05) is 19.1 Å². The maximum absolute atomic E-state index is 17.3. The number of carbonyl (C=O) groups excluding carboxylic acids is 2. The number of hydrogen-bond acceptors (Lipinski definition) is 13. The predicted octanol–water partition coefficient (Wildman–Crippen LogP) is 7.42. The van der Waals surface area contributed by atoms with Crippen molar-refractivity contribution in [2.45, 2.75) is 127 Å². The molecule has 16 nitrogen and oxygen atoms in total. The van der Waals surface area contributed by atoms with Gasteiger partial charge in [0.25, 0.3) is 0 Å². The van der Waals surface area contributed by atoms with Crippen LogP contribution in [0.4, 0.5) is 14.6 Å². The second-order valence-electron chi connectivity index (χ2n) is 23.7. The highest BCUT2D eigenvalue weighted by Crippen LogP contribution is 2.44. The number of likely N-dealkylation sites (tertiary alicyclic amines) is 2. The number of ether oxygens (including phenoxy) is 1. The minimum absolute atomic E-state index is 0.0209. The number of aryl methyl sites for hydroxylation is 2. The summed E-state index contributed by atoms with van der Waals surface area (Å²) in [5.74, 6) is -0.219. The van der Waals surface area contributed by atoms with Gasteiger partial charge in [-0.2, -0.15) is 9.97 Å². The highest BCUT2D eigenvalue weighted by Gasteiger charge is 2.50. The number of nitrogens with one attached hydrogen (secondary N) is 1. The molecule has 6 aliphatic rings. The van der Waals surface area contributed by atoms with Gasteiger partial charge in [-0.3, -0.25) is 33.9 Å². The summed E-state index contributed by atoms with van der Waals surface area (Å²) in [6.45, 7) is 12.5. The van der Waals surface area contributed by atoms with E-state index in [9.17, 15) is 24.6 Å². The number of aromatic nitrogens is 5. The zero-order chi connectivity index (χ0) is 53.3. The molecule has 0 spiro atoms. The van der Waals surface area contributed by atoms with E-state index in [2.05, 4.69) is 37.1 Å². The van der Waals surface area contributed by atoms with Crippen LogP contribution in [-0.4, -0.2) is 144 Å². The van der Waals surface area contributed by atoms with E-state index in [1.165, 1.54) is 30.5 Å². The Labute approximate surface area is 447 Å². The Morgan fingerprint density at radius 3 is 2.38 bits per heavy atom. The van der Waals surface area contributed by atoms with Crippen LogP contribution in [-0.2, 0) is 29.5 Å². The average molecular weight is 1060 g/mol. The largest absolute Gasteiger partial charge is 0.508 e. The fourth-order valence-electron chi connectivity index (χ4n) is 14.4. The number of carbonyl (C=O) groups is 2. The Bertz CT molecular complexity index is 3330. The number of fused-ring (bicyclic) bond motifs is 4. The first-order valence-corrected chi connectivity index (χ1v) is 28.3. The standard InChI is InChI=1S/C59H72F2N10O6/c1-4-42-45(60)9-8-39-29-41(72)30-43(50(39)42)52-51(61)53-44(31-62-52)54(69-21-5-18-58(2,76)34-69)65-56(64-53)77-35-59-19-6-22-70(59)40(13-20-59)33-68-25-16-37(17-26-68)32-67-23-14-36(15-24-67)27-38-7-10-46-48(28-38)66(3)57(75)71(46)47-11-12-49(73)63-55(47)74/h7-10,28-31,36-37,40,47,72,76H,4-6,11-27,32-35H2,1-3H3,(H,63,73,74)/t40-,47?,58+,59-/m0/s1. The number of β-amino-alcohol motifs (C(OH)–C–C–N with tert-alkyl or cyclic N) is 1. The summed E-state index contributed by atoms with van der Waals surface area (Å²) in [6, 6.07) is 11.9. The summed E-state index contributed by atoms with van der Waals surface area (Å²) in [7, 11) is 1.75. The van der Waals surface area contributed by atoms with Gasteiger partial charge in [0.1, 0.15) is 41.2 Å². The molecule has 3 N–H and O–H groups in total. The van der Waals surface area contributed by atoms with E-state index in [0.717, 1.165) is 108 Å². The number of rotatable bonds is 13. The Balaban J connectivity index is 0.674. The third-order valence-electron chi connectivity index (χ3n) is 18.5. The molecular weight excluding hydrogens is 983 g/mol. The molecule has 4 atom stereocenters. The summed E-state index contributed by atoms with van der Waals surface area (Å²) in [4.78, 5) is 62.1. The second kappa shape index (κ2) is 20.6. The van der Waals surface area contributed by atoms with Gasteiger partial charge in [0, 0.05) is 57.4 Å². The van der Waals surface area contributed by atoms with E-state index < -0.39 is 29.2 Å². The third kappa shape index (κ3) is 9.85. The number of hydrogen-bond donors (Lipinski definition) is 3. The van der Waals surface area contributed by atoms with E-state index >= 15 is 8.78 Å². The number of piperidine rings is 4. The number of anilines is 1. The van der Waals surface area contributed by atoms with E-state index in [-0.39, 0.29) is 52.1 Å². The van der Waals surface area contributed by atoms with Crippen molar-refractivity contribution in [2.24, 2.45) is 18.9 Å². The van der Waals surface area contributed by atoms with Crippen LogP contribution in [0.5, 0.6) is 11.8 Å². The van der Waals surface area contributed by atoms with Crippen molar-refractivity contribution in [3.8, 4) is 23.0 Å². The predicted molar refractivity (Wildman–Crippen MR) is 291 cm³/mol. The fraction of sp³-hybridized carbons (Fsp3) is 0.559. The lowest BCUT2D eigenvalue weighted by Gasteiger charge is -2.40. The van der Waals surface area contributed by atoms with Crippen LogP contribution in [0.2, 0.25) is 0 Å². The van der Waals surface area contributed by atoms with Gasteiger partial charge in [-0.25, -0.2) is 13.6 Å². The van der Waals surface area contributed by atoms with E-state index in [1.807, 2.05) is 17.9 Å². The molecule has 1 unspecified atom stereocenters. The molecule has 6 fully saturated rings. The zero-order valence-corrected chi connectivity index (χ0v) is 44.7. The van der Waals surface area contributed by atoms with Crippen LogP contribution >= 0.6 is 0 Å². The number of phenolic OH excluding ortho intramolecular Hbond substituents is 1. The summed E-state index contributed by atoms with van der Waals surface area (Å²) in [5, 5.41) is 25.8. The number of halogens is 2. The van der Waals surface area contributed by atoms with Gasteiger partial charge >= 0.3 is 11.7 Å². The molecule has 0 radical (unpaired) electrons. The van der Waals surface area contributed by atoms with Crippen molar-refractivity contribution in [2.75, 3.05) is 70.4 Å². The summed E-state index contributed by atoms with van der Waals surface area (Å²) < 4.78 is 42.4. The molecule has 3 aromatic carbocycles. The van der Waals surface area contributed by atoms with Crippen LogP contribution in [0.3, 0.4) is 0 Å². The van der Waals surface area contributed by atoms with Crippen molar-refractivity contribution < 1.29 is 33.3 Å². The number of phenols is 1. The second-order valence-corrected chi connectivity index (χ2v) is 23.7. The smallest absolute Gasteiger partial charge is 0.329 e. The van der Waals surface area contributed by atoms with Crippen molar-refractivity contribution in [1.82, 2.24) is 44.1 Å². The first-order chi connectivity index (χ1) is 37.1. The molecule has 6 aliphatic heterocycles. The first-order valence-electron chi connectivity index (χ1n) is 28.3. The van der Waals surface area contributed by atoms with Crippen molar-refractivity contribution in [3.63, 3.8) is 0 Å². The molecule has 2 amide bonds. The molecule has 6 aromatic rings. The van der Waals surface area contributed by atoms with Gasteiger partial charge in [-0.15, -0.1) is 0 Å². The molecule has 6 saturated heterocycles. The Kier molecular flexibility index (Phi) is 13.8. The molecule has 408 valence electrons. The molecular formula is C59H72F2N10O6. The lowest BCUT2D eigenvalue weighted by Crippen LogP contribution is -2.51. The number of imidazole rings is 1. The third-order valence-corrected chi connectivity index (χ3v) is 18.5. The maximum Gasteiger partial charge on any atom is 0.329 e. The van der Waals surface area contributed by atoms with Crippen LogP contribution in [0.25, 0.3) is 44.0 Å². The molecule has 3 aromatic heterocycles. The fourth-order valence-corrected chi connectivity index (χ4v) is 14.4. The van der Waals surface area contributed by atoms with Crippen LogP contribution in [0, 0.1) is 23.5 Å². The molecule has 12 rings (SSSR count). The lowest BCUT2D eigenvalue weighted by atomic mass is 9.88. The SMILES string of the molecule is CCc1c(F)ccc2cc(O)cc(-c3ncc4c(N5CCC[C@@](C)(O)C5)nc(OC[C@@]56CCCN5[C@H](CN5CCC(CN7CCC(Cc8ccc9c(c8)n(C)c(=O)n9C8CCC(=O)NC8=O)CC7)CC5)CC6)nc4c3F)c12. The van der Waals surface area contributed by atoms with E-state index in [1.54, 1.807) is 41.4 Å². The summed E-state index contributed by atoms with van der Waals surface area (Å²) in [6.07, 6.45) is 13.6. The van der Waals surface area contributed by atoms with E-state index in [0.29, 0.717) is 84.4 Å². The average Bonchev–Trinajstić information content (AvgIpc) is 4.09. The molecule has 0 aliphatic carbocycles. The van der Waals surface area contributed by atoms with Crippen molar-refractivity contribution in [3.05, 3.63) is 81.9 Å². The summed E-state index contributed by atoms with van der Waals surface area (Å²) in [5.41, 5.74) is 2.02. The number of imide groups is 1. The van der Waals surface area contributed by atoms with Gasteiger partial charge < -0.3 is 29.6 Å². The topological polar surface area (TPSA) is 174 Å². The van der Waals surface area contributed by atoms with Crippen LogP contribution in [0.1, 0.15) is 108 Å². The molecule has 9 heterocycles. The van der Waals surface area contributed by atoms with Crippen molar-refractivity contribution in [1.29, 1.82) is 0 Å². The number of pyridine rings is 1. The minimum Gasteiger partial charge on any atom is -0.508 e. The lowest BCUT2D eigenvalue weighted by molar-refractivity contribution is -0.135. The molecule has 18 heteroatoms.